The molecule has 0 aliphatic carbocycles. The maximum absolute atomic E-state index is 12.4. The third-order valence-corrected chi connectivity index (χ3v) is 5.86. The molecule has 30 heavy (non-hydrogen) atoms. The van der Waals surface area contributed by atoms with Crippen molar-refractivity contribution in [1.82, 2.24) is 10.3 Å². The standard InChI is InChI=1S/C22H16ClN3O2S2/c1-28-18-11-8-14(21-24-16-4-2-3-5-19(16)30-21)12-17(18)25-22(29)26-20(27)13-6-9-15(23)10-7-13/h2-12H,1H3,(H2,25,26,27,29). The van der Waals surface area contributed by atoms with E-state index in [4.69, 9.17) is 33.5 Å². The second kappa shape index (κ2) is 8.79. The molecule has 0 aliphatic rings. The molecule has 1 aromatic heterocycles. The van der Waals surface area contributed by atoms with Gasteiger partial charge in [0.1, 0.15) is 10.8 Å². The number of carbonyl (C=O) groups is 1. The lowest BCUT2D eigenvalue weighted by Gasteiger charge is -2.14. The summed E-state index contributed by atoms with van der Waals surface area (Å²) in [7, 11) is 1.58. The van der Waals surface area contributed by atoms with E-state index in [1.807, 2.05) is 42.5 Å². The Morgan fingerprint density at radius 2 is 1.87 bits per heavy atom. The number of amides is 1. The van der Waals surface area contributed by atoms with Gasteiger partial charge in [0.25, 0.3) is 5.91 Å². The van der Waals surface area contributed by atoms with E-state index in [9.17, 15) is 4.79 Å². The van der Waals surface area contributed by atoms with Crippen LogP contribution in [0.2, 0.25) is 5.02 Å². The van der Waals surface area contributed by atoms with Crippen LogP contribution in [0.15, 0.2) is 66.7 Å². The van der Waals surface area contributed by atoms with E-state index < -0.39 is 0 Å². The first-order valence-electron chi connectivity index (χ1n) is 8.95. The van der Waals surface area contributed by atoms with Gasteiger partial charge in [-0.3, -0.25) is 10.1 Å². The van der Waals surface area contributed by atoms with Gasteiger partial charge in [0.2, 0.25) is 0 Å². The molecule has 0 saturated carbocycles. The van der Waals surface area contributed by atoms with Gasteiger partial charge in [-0.2, -0.15) is 0 Å². The van der Waals surface area contributed by atoms with E-state index in [1.54, 1.807) is 42.7 Å². The van der Waals surface area contributed by atoms with E-state index in [1.165, 1.54) is 0 Å². The Balaban J connectivity index is 1.55. The number of benzene rings is 3. The number of hydrogen-bond donors (Lipinski definition) is 2. The van der Waals surface area contributed by atoms with E-state index in [0.717, 1.165) is 20.8 Å². The molecule has 1 heterocycles. The maximum Gasteiger partial charge on any atom is 0.257 e. The lowest BCUT2D eigenvalue weighted by molar-refractivity contribution is 0.0977. The first-order valence-corrected chi connectivity index (χ1v) is 10.6. The number of fused-ring (bicyclic) bond motifs is 1. The minimum atomic E-state index is -0.328. The first-order chi connectivity index (χ1) is 14.5. The number of halogens is 1. The molecule has 4 aromatic rings. The zero-order chi connectivity index (χ0) is 21.1. The lowest BCUT2D eigenvalue weighted by Crippen LogP contribution is -2.34. The third-order valence-electron chi connectivity index (χ3n) is 4.32. The fourth-order valence-electron chi connectivity index (χ4n) is 2.86. The van der Waals surface area contributed by atoms with Crippen LogP contribution in [0, 0.1) is 0 Å². The van der Waals surface area contributed by atoms with Crippen LogP contribution < -0.4 is 15.4 Å². The average molecular weight is 454 g/mol. The summed E-state index contributed by atoms with van der Waals surface area (Å²) < 4.78 is 6.55. The van der Waals surface area contributed by atoms with Crippen LogP contribution in [-0.4, -0.2) is 23.1 Å². The summed E-state index contributed by atoms with van der Waals surface area (Å²) in [6.07, 6.45) is 0. The molecule has 0 unspecified atom stereocenters. The lowest BCUT2D eigenvalue weighted by atomic mass is 10.2. The maximum atomic E-state index is 12.4. The number of para-hydroxylation sites is 1. The summed E-state index contributed by atoms with van der Waals surface area (Å²) in [6, 6.07) is 20.2. The van der Waals surface area contributed by atoms with Gasteiger partial charge in [-0.05, 0) is 66.8 Å². The summed E-state index contributed by atoms with van der Waals surface area (Å²) in [5.74, 6) is 0.272. The summed E-state index contributed by atoms with van der Waals surface area (Å²) in [5.41, 5.74) is 2.97. The van der Waals surface area contributed by atoms with Crippen molar-refractivity contribution in [3.05, 3.63) is 77.3 Å². The van der Waals surface area contributed by atoms with Crippen LogP contribution in [-0.2, 0) is 0 Å². The number of nitrogens with one attached hydrogen (secondary N) is 2. The minimum Gasteiger partial charge on any atom is -0.495 e. The average Bonchev–Trinajstić information content (AvgIpc) is 3.18. The molecule has 150 valence electrons. The van der Waals surface area contributed by atoms with Gasteiger partial charge in [0.05, 0.1) is 23.0 Å². The highest BCUT2D eigenvalue weighted by Gasteiger charge is 2.13. The molecular weight excluding hydrogens is 438 g/mol. The highest BCUT2D eigenvalue weighted by Crippen LogP contribution is 2.34. The summed E-state index contributed by atoms with van der Waals surface area (Å²) in [6.45, 7) is 0. The Morgan fingerprint density at radius 1 is 1.10 bits per heavy atom. The smallest absolute Gasteiger partial charge is 0.257 e. The quantitative estimate of drug-likeness (QED) is 0.385. The van der Waals surface area contributed by atoms with Crippen molar-refractivity contribution in [2.45, 2.75) is 0 Å². The number of rotatable bonds is 4. The molecule has 0 radical (unpaired) electrons. The first kappa shape index (κ1) is 20.3. The number of hydrogen-bond acceptors (Lipinski definition) is 5. The highest BCUT2D eigenvalue weighted by atomic mass is 35.5. The van der Waals surface area contributed by atoms with Gasteiger partial charge in [0, 0.05) is 16.1 Å². The van der Waals surface area contributed by atoms with Crippen molar-refractivity contribution in [2.24, 2.45) is 0 Å². The van der Waals surface area contributed by atoms with E-state index in [2.05, 4.69) is 10.6 Å². The third kappa shape index (κ3) is 4.43. The fourth-order valence-corrected chi connectivity index (χ4v) is 4.16. The van der Waals surface area contributed by atoms with Crippen LogP contribution in [0.4, 0.5) is 5.69 Å². The predicted molar refractivity (Wildman–Crippen MR) is 127 cm³/mol. The van der Waals surface area contributed by atoms with E-state index >= 15 is 0 Å². The molecule has 0 fully saturated rings. The van der Waals surface area contributed by atoms with Crippen LogP contribution in [0.1, 0.15) is 10.4 Å². The monoisotopic (exact) mass is 453 g/mol. The number of anilines is 1. The van der Waals surface area contributed by atoms with Crippen molar-refractivity contribution in [3.63, 3.8) is 0 Å². The normalized spacial score (nSPS) is 10.6. The molecule has 1 amide bonds. The van der Waals surface area contributed by atoms with Gasteiger partial charge in [-0.1, -0.05) is 23.7 Å². The Labute approximate surface area is 187 Å². The van der Waals surface area contributed by atoms with Crippen molar-refractivity contribution < 1.29 is 9.53 Å². The summed E-state index contributed by atoms with van der Waals surface area (Å²) >= 11 is 12.8. The van der Waals surface area contributed by atoms with Crippen LogP contribution in [0.3, 0.4) is 0 Å². The van der Waals surface area contributed by atoms with Gasteiger partial charge in [-0.15, -0.1) is 11.3 Å². The van der Waals surface area contributed by atoms with Gasteiger partial charge in [-0.25, -0.2) is 4.98 Å². The number of thiocarbonyl (C=S) groups is 1. The number of carbonyl (C=O) groups excluding carboxylic acids is 1. The summed E-state index contributed by atoms with van der Waals surface area (Å²) in [4.78, 5) is 17.1. The SMILES string of the molecule is COc1ccc(-c2nc3ccccc3s2)cc1NC(=S)NC(=O)c1ccc(Cl)cc1. The van der Waals surface area contributed by atoms with E-state index in [-0.39, 0.29) is 11.0 Å². The molecule has 0 saturated heterocycles. The van der Waals surface area contributed by atoms with Crippen molar-refractivity contribution in [2.75, 3.05) is 12.4 Å². The zero-order valence-electron chi connectivity index (χ0n) is 15.8. The Kier molecular flexibility index (Phi) is 5.94. The topological polar surface area (TPSA) is 63.2 Å². The van der Waals surface area contributed by atoms with Crippen LogP contribution in [0.25, 0.3) is 20.8 Å². The molecule has 0 spiro atoms. The number of nitrogens with zero attached hydrogens (tertiary/aromatic N) is 1. The molecule has 0 bridgehead atoms. The second-order valence-corrected chi connectivity index (χ2v) is 8.19. The Morgan fingerprint density at radius 3 is 2.60 bits per heavy atom. The fraction of sp³-hybridized carbons (Fsp3) is 0.0455. The Hall–Kier alpha value is -3.00. The highest BCUT2D eigenvalue weighted by molar-refractivity contribution is 7.80. The van der Waals surface area contributed by atoms with Crippen LogP contribution >= 0.6 is 35.2 Å². The van der Waals surface area contributed by atoms with Crippen molar-refractivity contribution in [1.29, 1.82) is 0 Å². The predicted octanol–water partition coefficient (Wildman–Crippen LogP) is 5.75. The number of ether oxygens (including phenoxy) is 1. The zero-order valence-corrected chi connectivity index (χ0v) is 18.2. The molecule has 3 aromatic carbocycles. The molecule has 5 nitrogen and oxygen atoms in total. The molecule has 4 rings (SSSR count). The van der Waals surface area contributed by atoms with Gasteiger partial charge in [0.15, 0.2) is 5.11 Å². The van der Waals surface area contributed by atoms with E-state index in [0.29, 0.717) is 22.0 Å². The number of thiazole rings is 1. The molecule has 0 aliphatic heterocycles. The number of aromatic nitrogens is 1. The number of methoxy groups -OCH3 is 1. The summed E-state index contributed by atoms with van der Waals surface area (Å²) in [5, 5.41) is 7.32. The minimum absolute atomic E-state index is 0.162. The van der Waals surface area contributed by atoms with Crippen LogP contribution in [0.5, 0.6) is 5.75 Å². The molecular formula is C22H16ClN3O2S2. The molecule has 2 N–H and O–H groups in total. The Bertz CT molecular complexity index is 1210. The second-order valence-electron chi connectivity index (χ2n) is 6.32. The van der Waals surface area contributed by atoms with Crippen molar-refractivity contribution in [3.8, 4) is 16.3 Å². The van der Waals surface area contributed by atoms with Gasteiger partial charge >= 0.3 is 0 Å². The van der Waals surface area contributed by atoms with Gasteiger partial charge < -0.3 is 10.1 Å². The molecule has 8 heteroatoms. The largest absolute Gasteiger partial charge is 0.495 e. The van der Waals surface area contributed by atoms with Crippen molar-refractivity contribution >= 4 is 62.1 Å². The molecule has 0 atom stereocenters.